The molecule has 32 heavy (non-hydrogen) atoms. The van der Waals surface area contributed by atoms with Crippen molar-refractivity contribution in [2.24, 2.45) is 0 Å². The van der Waals surface area contributed by atoms with E-state index in [9.17, 15) is 4.79 Å². The Morgan fingerprint density at radius 1 is 0.875 bits per heavy atom. The van der Waals surface area contributed by atoms with E-state index >= 15 is 0 Å². The van der Waals surface area contributed by atoms with Crippen LogP contribution in [0, 0.1) is 20.8 Å². The summed E-state index contributed by atoms with van der Waals surface area (Å²) in [6.45, 7) is 8.65. The summed E-state index contributed by atoms with van der Waals surface area (Å²) in [6, 6.07) is 9.13. The second kappa shape index (κ2) is 8.86. The zero-order valence-corrected chi connectivity index (χ0v) is 19.1. The van der Waals surface area contributed by atoms with Crippen LogP contribution in [0.4, 0.5) is 5.82 Å². The number of carbonyl (C=O) groups excluding carboxylic acids is 1. The van der Waals surface area contributed by atoms with Gasteiger partial charge in [0, 0.05) is 37.4 Å². The van der Waals surface area contributed by atoms with Crippen LogP contribution in [0.15, 0.2) is 30.3 Å². The minimum Gasteiger partial charge on any atom is -0.493 e. The number of methoxy groups -OCH3 is 2. The van der Waals surface area contributed by atoms with Gasteiger partial charge >= 0.3 is 0 Å². The van der Waals surface area contributed by atoms with Gasteiger partial charge in [-0.05, 0) is 56.7 Å². The number of amides is 1. The summed E-state index contributed by atoms with van der Waals surface area (Å²) in [4.78, 5) is 16.9. The lowest BCUT2D eigenvalue weighted by atomic mass is 10.1. The minimum atomic E-state index is -0.0214. The summed E-state index contributed by atoms with van der Waals surface area (Å²) in [5, 5.41) is 13.3. The van der Waals surface area contributed by atoms with Crippen LogP contribution in [0.3, 0.4) is 0 Å². The van der Waals surface area contributed by atoms with Gasteiger partial charge in [-0.1, -0.05) is 0 Å². The third-order valence-corrected chi connectivity index (χ3v) is 6.03. The van der Waals surface area contributed by atoms with Crippen molar-refractivity contribution >= 4 is 11.7 Å². The lowest BCUT2D eigenvalue weighted by Gasteiger charge is -2.35. The molecule has 0 radical (unpaired) electrons. The molecule has 1 aromatic carbocycles. The number of benzene rings is 1. The van der Waals surface area contributed by atoms with Crippen molar-refractivity contribution in [1.82, 2.24) is 24.9 Å². The number of nitrogens with zero attached hydrogens (tertiary/aromatic N) is 6. The summed E-state index contributed by atoms with van der Waals surface area (Å²) >= 11 is 0. The van der Waals surface area contributed by atoms with Gasteiger partial charge in [0.05, 0.1) is 19.9 Å². The number of ether oxygens (including phenoxy) is 2. The van der Waals surface area contributed by atoms with Gasteiger partial charge in [0.2, 0.25) is 0 Å². The van der Waals surface area contributed by atoms with Crippen LogP contribution in [0.5, 0.6) is 11.5 Å². The van der Waals surface area contributed by atoms with Gasteiger partial charge in [-0.2, -0.15) is 5.10 Å². The quantitative estimate of drug-likeness (QED) is 0.608. The van der Waals surface area contributed by atoms with Crippen molar-refractivity contribution in [3.63, 3.8) is 0 Å². The third kappa shape index (κ3) is 3.98. The van der Waals surface area contributed by atoms with Crippen LogP contribution in [0.1, 0.15) is 27.3 Å². The fraction of sp³-hybridized carbons (Fsp3) is 0.391. The molecule has 9 nitrogen and oxygen atoms in total. The highest BCUT2D eigenvalue weighted by Crippen LogP contribution is 2.28. The molecule has 0 unspecified atom stereocenters. The van der Waals surface area contributed by atoms with Gasteiger partial charge in [-0.25, -0.2) is 4.68 Å². The highest BCUT2D eigenvalue weighted by atomic mass is 16.5. The summed E-state index contributed by atoms with van der Waals surface area (Å²) in [6.07, 6.45) is 0. The Balaban J connectivity index is 1.41. The maximum atomic E-state index is 12.9. The largest absolute Gasteiger partial charge is 0.493 e. The first-order chi connectivity index (χ1) is 15.4. The molecule has 4 rings (SSSR count). The molecule has 168 valence electrons. The molecule has 1 saturated heterocycles. The molecular formula is C23H28N6O3. The monoisotopic (exact) mass is 436 g/mol. The fourth-order valence-corrected chi connectivity index (χ4v) is 3.83. The predicted molar refractivity (Wildman–Crippen MR) is 121 cm³/mol. The van der Waals surface area contributed by atoms with E-state index in [2.05, 4.69) is 27.1 Å². The van der Waals surface area contributed by atoms with Crippen molar-refractivity contribution in [3.8, 4) is 17.3 Å². The Labute approximate surface area is 187 Å². The van der Waals surface area contributed by atoms with Crippen molar-refractivity contribution < 1.29 is 14.3 Å². The molecule has 0 saturated carbocycles. The van der Waals surface area contributed by atoms with E-state index in [0.717, 1.165) is 22.8 Å². The second-order valence-corrected chi connectivity index (χ2v) is 7.81. The average Bonchev–Trinajstić information content (AvgIpc) is 3.10. The number of hydrogen-bond donors (Lipinski definition) is 0. The molecule has 1 aliphatic rings. The molecule has 2 aromatic heterocycles. The van der Waals surface area contributed by atoms with Crippen LogP contribution in [0.25, 0.3) is 5.82 Å². The topological polar surface area (TPSA) is 85.6 Å². The summed E-state index contributed by atoms with van der Waals surface area (Å²) in [5.41, 5.74) is 3.79. The molecule has 3 aromatic rings. The van der Waals surface area contributed by atoms with Gasteiger partial charge in [0.15, 0.2) is 23.1 Å². The van der Waals surface area contributed by atoms with Gasteiger partial charge < -0.3 is 19.3 Å². The third-order valence-electron chi connectivity index (χ3n) is 6.03. The first kappa shape index (κ1) is 21.6. The van der Waals surface area contributed by atoms with E-state index in [-0.39, 0.29) is 5.91 Å². The molecular weight excluding hydrogens is 408 g/mol. The highest BCUT2D eigenvalue weighted by molar-refractivity contribution is 5.95. The number of piperazine rings is 1. The fourth-order valence-electron chi connectivity index (χ4n) is 3.83. The maximum absolute atomic E-state index is 12.9. The number of aryl methyl sites for hydroxylation is 1. The van der Waals surface area contributed by atoms with Crippen LogP contribution in [0.2, 0.25) is 0 Å². The molecule has 9 heteroatoms. The zero-order valence-electron chi connectivity index (χ0n) is 19.1. The van der Waals surface area contributed by atoms with E-state index in [1.807, 2.05) is 35.6 Å². The molecule has 1 fully saturated rings. The first-order valence-electron chi connectivity index (χ1n) is 10.6. The standard InChI is InChI=1S/C23H28N6O3/c1-15-16(2)26-29(17(15)3)22-9-8-21(24-25-22)27-10-12-28(13-11-27)23(30)18-6-7-19(31-4)20(14-18)32-5/h6-9,14H,10-13H2,1-5H3. The smallest absolute Gasteiger partial charge is 0.254 e. The lowest BCUT2D eigenvalue weighted by molar-refractivity contribution is 0.0746. The van der Waals surface area contributed by atoms with E-state index in [4.69, 9.17) is 9.47 Å². The van der Waals surface area contributed by atoms with Crippen LogP contribution in [-0.2, 0) is 0 Å². The molecule has 0 spiro atoms. The molecule has 1 aliphatic heterocycles. The second-order valence-electron chi connectivity index (χ2n) is 7.81. The van der Waals surface area contributed by atoms with Crippen LogP contribution < -0.4 is 14.4 Å². The van der Waals surface area contributed by atoms with Gasteiger partial charge in [0.25, 0.3) is 5.91 Å². The molecule has 1 amide bonds. The Bertz CT molecular complexity index is 1120. The van der Waals surface area contributed by atoms with Gasteiger partial charge in [-0.15, -0.1) is 10.2 Å². The minimum absolute atomic E-state index is 0.0214. The number of carbonyl (C=O) groups is 1. The van der Waals surface area contributed by atoms with Crippen molar-refractivity contribution in [3.05, 3.63) is 52.8 Å². The Kier molecular flexibility index (Phi) is 5.98. The van der Waals surface area contributed by atoms with E-state index in [0.29, 0.717) is 49.1 Å². The summed E-state index contributed by atoms with van der Waals surface area (Å²) in [5.74, 6) is 2.62. The van der Waals surface area contributed by atoms with Crippen LogP contribution in [-0.4, -0.2) is 71.2 Å². The molecule has 0 N–H and O–H groups in total. The van der Waals surface area contributed by atoms with Gasteiger partial charge in [-0.3, -0.25) is 4.79 Å². The van der Waals surface area contributed by atoms with Crippen molar-refractivity contribution in [1.29, 1.82) is 0 Å². The van der Waals surface area contributed by atoms with Crippen molar-refractivity contribution in [2.75, 3.05) is 45.3 Å². The summed E-state index contributed by atoms with van der Waals surface area (Å²) in [7, 11) is 3.14. The molecule has 0 aliphatic carbocycles. The van der Waals surface area contributed by atoms with Crippen LogP contribution >= 0.6 is 0 Å². The SMILES string of the molecule is COc1ccc(C(=O)N2CCN(c3ccc(-n4nc(C)c(C)c4C)nn3)CC2)cc1OC. The van der Waals surface area contributed by atoms with Crippen molar-refractivity contribution in [2.45, 2.75) is 20.8 Å². The number of hydrogen-bond acceptors (Lipinski definition) is 7. The zero-order chi connectivity index (χ0) is 22.8. The van der Waals surface area contributed by atoms with E-state index in [1.54, 1.807) is 32.4 Å². The average molecular weight is 437 g/mol. The Morgan fingerprint density at radius 2 is 1.53 bits per heavy atom. The van der Waals surface area contributed by atoms with Gasteiger partial charge in [0.1, 0.15) is 0 Å². The number of aromatic nitrogens is 4. The molecule has 0 bridgehead atoms. The maximum Gasteiger partial charge on any atom is 0.254 e. The molecule has 3 heterocycles. The lowest BCUT2D eigenvalue weighted by Crippen LogP contribution is -2.49. The summed E-state index contributed by atoms with van der Waals surface area (Å²) < 4.78 is 12.4. The van der Waals surface area contributed by atoms with E-state index in [1.165, 1.54) is 0 Å². The Morgan fingerprint density at radius 3 is 2.09 bits per heavy atom. The first-order valence-corrected chi connectivity index (χ1v) is 10.6. The Hall–Kier alpha value is -3.62. The highest BCUT2D eigenvalue weighted by Gasteiger charge is 2.24. The predicted octanol–water partition coefficient (Wildman–Crippen LogP) is 2.57. The normalized spacial score (nSPS) is 13.9. The molecule has 0 atom stereocenters. The number of rotatable bonds is 5. The number of anilines is 1. The van der Waals surface area contributed by atoms with E-state index < -0.39 is 0 Å².